The zero-order valence-corrected chi connectivity index (χ0v) is 11.2. The van der Waals surface area contributed by atoms with E-state index in [2.05, 4.69) is 43.9 Å². The van der Waals surface area contributed by atoms with Gasteiger partial charge in [-0.1, -0.05) is 26.0 Å². The van der Waals surface area contributed by atoms with Gasteiger partial charge in [0, 0.05) is 18.7 Å². The smallest absolute Gasteiger partial charge is 0.309 e. The zero-order valence-electron chi connectivity index (χ0n) is 11.2. The Labute approximate surface area is 104 Å². The fourth-order valence-electron chi connectivity index (χ4n) is 2.49. The van der Waals surface area contributed by atoms with Crippen LogP contribution in [0.2, 0.25) is 0 Å². The SMILES string of the molecule is CCC(c1cccc([N+]#N)c1)[C@@H](C)CN(C)C. The van der Waals surface area contributed by atoms with Crippen molar-refractivity contribution in [2.24, 2.45) is 5.92 Å². The van der Waals surface area contributed by atoms with E-state index in [1.54, 1.807) is 0 Å². The van der Waals surface area contributed by atoms with Crippen LogP contribution in [-0.4, -0.2) is 25.5 Å². The molecule has 3 heteroatoms. The maximum Gasteiger partial charge on any atom is 0.385 e. The first-order valence-electron chi connectivity index (χ1n) is 6.18. The van der Waals surface area contributed by atoms with Crippen molar-refractivity contribution in [2.45, 2.75) is 26.2 Å². The molecule has 1 aromatic carbocycles. The fourth-order valence-corrected chi connectivity index (χ4v) is 2.49. The van der Waals surface area contributed by atoms with Gasteiger partial charge >= 0.3 is 5.69 Å². The van der Waals surface area contributed by atoms with E-state index in [1.807, 2.05) is 18.2 Å². The summed E-state index contributed by atoms with van der Waals surface area (Å²) in [6.07, 6.45) is 1.10. The summed E-state index contributed by atoms with van der Waals surface area (Å²) >= 11 is 0. The molecule has 0 bridgehead atoms. The first-order valence-corrected chi connectivity index (χ1v) is 6.18. The molecule has 0 N–H and O–H groups in total. The molecule has 2 atom stereocenters. The molecule has 0 aliphatic rings. The molecule has 0 aliphatic heterocycles. The summed E-state index contributed by atoms with van der Waals surface area (Å²) in [6.45, 7) is 5.55. The summed E-state index contributed by atoms with van der Waals surface area (Å²) in [7, 11) is 4.20. The van der Waals surface area contributed by atoms with Crippen LogP contribution in [-0.2, 0) is 0 Å². The summed E-state index contributed by atoms with van der Waals surface area (Å²) in [5.74, 6) is 1.10. The molecule has 0 fully saturated rings. The molecular formula is C14H22N3+. The first kappa shape index (κ1) is 13.7. The van der Waals surface area contributed by atoms with Crippen LogP contribution in [0.3, 0.4) is 0 Å². The lowest BCUT2D eigenvalue weighted by atomic mass is 9.85. The number of hydrogen-bond acceptors (Lipinski definition) is 2. The lowest BCUT2D eigenvalue weighted by molar-refractivity contribution is 0.301. The third kappa shape index (κ3) is 3.83. The highest BCUT2D eigenvalue weighted by Crippen LogP contribution is 2.30. The van der Waals surface area contributed by atoms with Gasteiger partial charge in [0.05, 0.1) is 0 Å². The van der Waals surface area contributed by atoms with Crippen molar-refractivity contribution in [2.75, 3.05) is 20.6 Å². The van der Waals surface area contributed by atoms with Gasteiger partial charge in [0.25, 0.3) is 0 Å². The van der Waals surface area contributed by atoms with Crippen molar-refractivity contribution >= 4 is 5.69 Å². The standard InChI is InChI=1S/C14H22N3/c1-5-14(11(2)10-17(3)4)12-7-6-8-13(9-12)16-15/h6-9,11,14H,5,10H2,1-4H3/q+1/t11-,14?/m0/s1. The molecule has 1 aromatic rings. The van der Waals surface area contributed by atoms with Gasteiger partial charge in [0.2, 0.25) is 5.39 Å². The Bertz CT molecular complexity index is 393. The quantitative estimate of drug-likeness (QED) is 0.722. The van der Waals surface area contributed by atoms with E-state index >= 15 is 0 Å². The largest absolute Gasteiger partial charge is 0.385 e. The molecule has 0 heterocycles. The van der Waals surface area contributed by atoms with E-state index in [0.29, 0.717) is 17.5 Å². The predicted octanol–water partition coefficient (Wildman–Crippen LogP) is 3.86. The van der Waals surface area contributed by atoms with Crippen molar-refractivity contribution in [3.05, 3.63) is 34.8 Å². The summed E-state index contributed by atoms with van der Waals surface area (Å²) in [5.41, 5.74) is 1.90. The minimum Gasteiger partial charge on any atom is -0.309 e. The van der Waals surface area contributed by atoms with E-state index in [9.17, 15) is 0 Å². The van der Waals surface area contributed by atoms with Gasteiger partial charge in [-0.15, -0.1) is 0 Å². The number of benzene rings is 1. The van der Waals surface area contributed by atoms with Crippen molar-refractivity contribution in [1.82, 2.24) is 4.90 Å². The van der Waals surface area contributed by atoms with Crippen LogP contribution >= 0.6 is 0 Å². The third-order valence-electron chi connectivity index (χ3n) is 3.19. The topological polar surface area (TPSA) is 31.4 Å². The van der Waals surface area contributed by atoms with E-state index in [1.165, 1.54) is 5.56 Å². The zero-order chi connectivity index (χ0) is 12.8. The summed E-state index contributed by atoms with van der Waals surface area (Å²) in [4.78, 5) is 5.47. The van der Waals surface area contributed by atoms with Crippen LogP contribution in [0, 0.1) is 11.3 Å². The Kier molecular flexibility index (Phi) is 5.11. The third-order valence-corrected chi connectivity index (χ3v) is 3.19. The summed E-state index contributed by atoms with van der Waals surface area (Å²) < 4.78 is 0. The Hall–Kier alpha value is -1.40. The molecule has 0 spiro atoms. The summed E-state index contributed by atoms with van der Waals surface area (Å²) in [6, 6.07) is 7.86. The maximum atomic E-state index is 8.82. The van der Waals surface area contributed by atoms with E-state index in [0.717, 1.165) is 13.0 Å². The number of nitrogens with zero attached hydrogens (tertiary/aromatic N) is 3. The second-order valence-electron chi connectivity index (χ2n) is 4.95. The first-order chi connectivity index (χ1) is 8.08. The Morgan fingerprint density at radius 2 is 2.06 bits per heavy atom. The number of rotatable bonds is 5. The molecule has 92 valence electrons. The van der Waals surface area contributed by atoms with Crippen molar-refractivity contribution < 1.29 is 0 Å². The van der Waals surface area contributed by atoms with E-state index in [-0.39, 0.29) is 0 Å². The highest BCUT2D eigenvalue weighted by Gasteiger charge is 2.20. The van der Waals surface area contributed by atoms with Crippen molar-refractivity contribution in [1.29, 1.82) is 5.39 Å². The van der Waals surface area contributed by atoms with Crippen LogP contribution < -0.4 is 0 Å². The number of hydrogen-bond donors (Lipinski definition) is 0. The molecule has 0 saturated heterocycles. The minimum absolute atomic E-state index is 0.513. The van der Waals surface area contributed by atoms with Gasteiger partial charge in [-0.2, -0.15) is 0 Å². The average Bonchev–Trinajstić information content (AvgIpc) is 2.29. The average molecular weight is 232 g/mol. The van der Waals surface area contributed by atoms with Crippen LogP contribution in [0.15, 0.2) is 24.3 Å². The molecule has 1 unspecified atom stereocenters. The van der Waals surface area contributed by atoms with Gasteiger partial charge in [-0.05, 0) is 37.9 Å². The van der Waals surface area contributed by atoms with E-state index < -0.39 is 0 Å². The molecule has 17 heavy (non-hydrogen) atoms. The Morgan fingerprint density at radius 3 is 2.59 bits per heavy atom. The second kappa shape index (κ2) is 6.36. The molecule has 0 amide bonds. The van der Waals surface area contributed by atoms with Gasteiger partial charge in [0.1, 0.15) is 0 Å². The molecule has 1 rings (SSSR count). The van der Waals surface area contributed by atoms with Gasteiger partial charge in [-0.3, -0.25) is 0 Å². The molecule has 0 saturated carbocycles. The maximum absolute atomic E-state index is 8.82. The molecular weight excluding hydrogens is 210 g/mol. The van der Waals surface area contributed by atoms with Gasteiger partial charge < -0.3 is 4.90 Å². The van der Waals surface area contributed by atoms with Crippen LogP contribution in [0.4, 0.5) is 5.69 Å². The number of diazo groups is 1. The van der Waals surface area contributed by atoms with Crippen LogP contribution in [0.25, 0.3) is 4.98 Å². The van der Waals surface area contributed by atoms with Crippen LogP contribution in [0.5, 0.6) is 0 Å². The summed E-state index contributed by atoms with van der Waals surface area (Å²) in [5, 5.41) is 8.82. The molecule has 0 radical (unpaired) electrons. The van der Waals surface area contributed by atoms with Crippen molar-refractivity contribution in [3.8, 4) is 0 Å². The van der Waals surface area contributed by atoms with E-state index in [4.69, 9.17) is 5.39 Å². The monoisotopic (exact) mass is 232 g/mol. The van der Waals surface area contributed by atoms with Gasteiger partial charge in [-0.25, -0.2) is 0 Å². The second-order valence-corrected chi connectivity index (χ2v) is 4.95. The fraction of sp³-hybridized carbons (Fsp3) is 0.571. The lowest BCUT2D eigenvalue weighted by Gasteiger charge is -2.25. The molecule has 0 aromatic heterocycles. The predicted molar refractivity (Wildman–Crippen MR) is 71.9 cm³/mol. The van der Waals surface area contributed by atoms with Crippen LogP contribution in [0.1, 0.15) is 31.7 Å². The molecule has 0 aliphatic carbocycles. The Balaban J connectivity index is 2.89. The minimum atomic E-state index is 0.513. The van der Waals surface area contributed by atoms with Gasteiger partial charge in [0.15, 0.2) is 4.98 Å². The normalized spacial score (nSPS) is 14.4. The Morgan fingerprint density at radius 1 is 1.35 bits per heavy atom. The highest BCUT2D eigenvalue weighted by molar-refractivity contribution is 5.46. The lowest BCUT2D eigenvalue weighted by Crippen LogP contribution is -2.24. The van der Waals surface area contributed by atoms with Crippen molar-refractivity contribution in [3.63, 3.8) is 0 Å². The molecule has 3 nitrogen and oxygen atoms in total. The highest BCUT2D eigenvalue weighted by atomic mass is 15.1.